The smallest absolute Gasteiger partial charge is 0.348 e. The number of esters is 1. The van der Waals surface area contributed by atoms with Gasteiger partial charge >= 0.3 is 5.97 Å². The Morgan fingerprint density at radius 2 is 1.75 bits per heavy atom. The van der Waals surface area contributed by atoms with Crippen molar-refractivity contribution in [1.82, 2.24) is 0 Å². The van der Waals surface area contributed by atoms with Crippen LogP contribution in [0.1, 0.15) is 16.6 Å². The van der Waals surface area contributed by atoms with E-state index in [2.05, 4.69) is 0 Å². The van der Waals surface area contributed by atoms with E-state index in [0.29, 0.717) is 11.3 Å². The maximum atomic E-state index is 13.6. The van der Waals surface area contributed by atoms with Gasteiger partial charge in [0.05, 0.1) is 12.2 Å². The summed E-state index contributed by atoms with van der Waals surface area (Å²) < 4.78 is 58.2. The van der Waals surface area contributed by atoms with Crippen LogP contribution in [0.25, 0.3) is 10.4 Å². The number of carbonyl (C=O) groups excluding carboxylic acids is 1. The fourth-order valence-corrected chi connectivity index (χ4v) is 2.51. The van der Waals surface area contributed by atoms with Crippen LogP contribution in [0.15, 0.2) is 18.2 Å². The Morgan fingerprint density at radius 3 is 2.30 bits per heavy atom. The number of thiophene rings is 1. The summed E-state index contributed by atoms with van der Waals surface area (Å²) in [6.45, 7) is 1.75. The van der Waals surface area contributed by atoms with Gasteiger partial charge in [0.25, 0.3) is 0 Å². The van der Waals surface area contributed by atoms with Crippen LogP contribution in [-0.4, -0.2) is 12.6 Å². The van der Waals surface area contributed by atoms with Gasteiger partial charge in [-0.25, -0.2) is 22.4 Å². The molecule has 2 nitrogen and oxygen atoms in total. The van der Waals surface area contributed by atoms with Crippen molar-refractivity contribution < 1.29 is 27.1 Å². The van der Waals surface area contributed by atoms with Crippen molar-refractivity contribution >= 4 is 17.3 Å². The Balaban J connectivity index is 2.50. The Labute approximate surface area is 115 Å². The SMILES string of the molecule is CCOC(=O)c1ccc(-c2c(F)c(F)cc(F)c2F)s1. The standard InChI is InChI=1S/C13H8F4O2S/c1-2-19-13(18)9-4-3-8(20-9)10-11(16)6(14)5-7(15)12(10)17/h3-5H,2H2,1H3. The highest BCUT2D eigenvalue weighted by molar-refractivity contribution is 7.17. The number of benzene rings is 1. The van der Waals surface area contributed by atoms with Gasteiger partial charge in [0.15, 0.2) is 23.3 Å². The Morgan fingerprint density at radius 1 is 1.15 bits per heavy atom. The monoisotopic (exact) mass is 304 g/mol. The molecule has 0 N–H and O–H groups in total. The summed E-state index contributed by atoms with van der Waals surface area (Å²) >= 11 is 0.692. The average Bonchev–Trinajstić information content (AvgIpc) is 2.87. The third-order valence-corrected chi connectivity index (χ3v) is 3.52. The molecule has 1 aromatic carbocycles. The molecule has 0 atom stereocenters. The molecule has 0 saturated carbocycles. The van der Waals surface area contributed by atoms with E-state index < -0.39 is 34.8 Å². The topological polar surface area (TPSA) is 26.3 Å². The first-order valence-electron chi connectivity index (χ1n) is 5.56. The van der Waals surface area contributed by atoms with Crippen molar-refractivity contribution in [2.75, 3.05) is 6.61 Å². The molecule has 20 heavy (non-hydrogen) atoms. The number of hydrogen-bond acceptors (Lipinski definition) is 3. The molecule has 2 rings (SSSR count). The highest BCUT2D eigenvalue weighted by atomic mass is 32.1. The van der Waals surface area contributed by atoms with E-state index >= 15 is 0 Å². The second kappa shape index (κ2) is 5.62. The lowest BCUT2D eigenvalue weighted by Gasteiger charge is -2.04. The molecule has 0 radical (unpaired) electrons. The molecule has 0 fully saturated rings. The Kier molecular flexibility index (Phi) is 4.08. The van der Waals surface area contributed by atoms with Crippen molar-refractivity contribution in [2.45, 2.75) is 6.92 Å². The van der Waals surface area contributed by atoms with Crippen molar-refractivity contribution in [2.24, 2.45) is 0 Å². The predicted molar refractivity (Wildman–Crippen MR) is 65.5 cm³/mol. The third-order valence-electron chi connectivity index (χ3n) is 2.44. The minimum Gasteiger partial charge on any atom is -0.462 e. The number of rotatable bonds is 3. The molecular weight excluding hydrogens is 296 g/mol. The molecular formula is C13H8F4O2S. The normalized spacial score (nSPS) is 10.7. The molecule has 106 valence electrons. The van der Waals surface area contributed by atoms with E-state index in [1.807, 2.05) is 0 Å². The highest BCUT2D eigenvalue weighted by Crippen LogP contribution is 2.34. The van der Waals surface area contributed by atoms with E-state index in [4.69, 9.17) is 4.74 Å². The second-order valence-corrected chi connectivity index (χ2v) is 4.81. The van der Waals surface area contributed by atoms with Crippen LogP contribution < -0.4 is 0 Å². The lowest BCUT2D eigenvalue weighted by atomic mass is 10.1. The second-order valence-electron chi connectivity index (χ2n) is 3.73. The maximum absolute atomic E-state index is 13.6. The van der Waals surface area contributed by atoms with Crippen LogP contribution in [0.3, 0.4) is 0 Å². The van der Waals surface area contributed by atoms with Gasteiger partial charge in [-0.2, -0.15) is 0 Å². The Hall–Kier alpha value is -1.89. The van der Waals surface area contributed by atoms with Crippen LogP contribution >= 0.6 is 11.3 Å². The van der Waals surface area contributed by atoms with Gasteiger partial charge in [-0.15, -0.1) is 11.3 Å². The van der Waals surface area contributed by atoms with Crippen LogP contribution in [0.4, 0.5) is 17.6 Å². The summed E-state index contributed by atoms with van der Waals surface area (Å²) in [5.74, 6) is -6.65. The summed E-state index contributed by atoms with van der Waals surface area (Å²) in [5.41, 5.74) is -0.831. The van der Waals surface area contributed by atoms with Gasteiger partial charge in [0.1, 0.15) is 4.88 Å². The molecule has 0 aliphatic rings. The fraction of sp³-hybridized carbons (Fsp3) is 0.154. The number of carbonyl (C=O) groups is 1. The van der Waals surface area contributed by atoms with E-state index in [0.717, 1.165) is 0 Å². The molecule has 0 bridgehead atoms. The quantitative estimate of drug-likeness (QED) is 0.484. The molecule has 0 spiro atoms. The summed E-state index contributed by atoms with van der Waals surface area (Å²) in [7, 11) is 0. The minimum atomic E-state index is -1.50. The zero-order valence-corrected chi connectivity index (χ0v) is 11.0. The van der Waals surface area contributed by atoms with Gasteiger partial charge in [-0.1, -0.05) is 0 Å². The predicted octanol–water partition coefficient (Wildman–Crippen LogP) is 4.15. The first kappa shape index (κ1) is 14.5. The molecule has 0 unspecified atom stereocenters. The van der Waals surface area contributed by atoms with Crippen LogP contribution in [-0.2, 0) is 4.74 Å². The molecule has 7 heteroatoms. The van der Waals surface area contributed by atoms with Crippen molar-refractivity contribution in [3.63, 3.8) is 0 Å². The average molecular weight is 304 g/mol. The van der Waals surface area contributed by atoms with E-state index in [9.17, 15) is 22.4 Å². The molecule has 0 aliphatic heterocycles. The molecule has 0 saturated heterocycles. The minimum absolute atomic E-state index is 0.0883. The molecule has 1 heterocycles. The lowest BCUT2D eigenvalue weighted by molar-refractivity contribution is 0.0532. The molecule has 0 aliphatic carbocycles. The highest BCUT2D eigenvalue weighted by Gasteiger charge is 2.22. The largest absolute Gasteiger partial charge is 0.462 e. The number of halogens is 4. The molecule has 2 aromatic rings. The van der Waals surface area contributed by atoms with Gasteiger partial charge < -0.3 is 4.74 Å². The fourth-order valence-electron chi connectivity index (χ4n) is 1.57. The van der Waals surface area contributed by atoms with E-state index in [1.165, 1.54) is 12.1 Å². The number of hydrogen-bond donors (Lipinski definition) is 0. The zero-order chi connectivity index (χ0) is 14.9. The Bertz CT molecular complexity index is 640. The summed E-state index contributed by atoms with van der Waals surface area (Å²) in [6, 6.07) is 2.62. The summed E-state index contributed by atoms with van der Waals surface area (Å²) in [6.07, 6.45) is 0. The van der Waals surface area contributed by atoms with Crippen LogP contribution in [0, 0.1) is 23.3 Å². The van der Waals surface area contributed by atoms with Crippen molar-refractivity contribution in [3.05, 3.63) is 46.3 Å². The van der Waals surface area contributed by atoms with Crippen molar-refractivity contribution in [1.29, 1.82) is 0 Å². The third kappa shape index (κ3) is 2.53. The van der Waals surface area contributed by atoms with E-state index in [1.54, 1.807) is 6.92 Å². The molecule has 1 aromatic heterocycles. The maximum Gasteiger partial charge on any atom is 0.348 e. The van der Waals surface area contributed by atoms with Gasteiger partial charge in [0, 0.05) is 10.9 Å². The lowest BCUT2D eigenvalue weighted by Crippen LogP contribution is -2.01. The molecule has 0 amide bonds. The van der Waals surface area contributed by atoms with Gasteiger partial charge in [-0.3, -0.25) is 0 Å². The number of ether oxygens (including phenoxy) is 1. The zero-order valence-electron chi connectivity index (χ0n) is 10.2. The van der Waals surface area contributed by atoms with Crippen LogP contribution in [0.5, 0.6) is 0 Å². The van der Waals surface area contributed by atoms with Crippen molar-refractivity contribution in [3.8, 4) is 10.4 Å². The first-order chi connectivity index (χ1) is 9.45. The van der Waals surface area contributed by atoms with E-state index in [-0.39, 0.29) is 22.4 Å². The van der Waals surface area contributed by atoms with Crippen LogP contribution in [0.2, 0.25) is 0 Å². The summed E-state index contributed by atoms with van der Waals surface area (Å²) in [5, 5.41) is 0. The van der Waals surface area contributed by atoms with Gasteiger partial charge in [0.2, 0.25) is 0 Å². The first-order valence-corrected chi connectivity index (χ1v) is 6.37. The summed E-state index contributed by atoms with van der Waals surface area (Å²) in [4.78, 5) is 11.4. The van der Waals surface area contributed by atoms with Gasteiger partial charge in [-0.05, 0) is 19.1 Å².